The maximum atomic E-state index is 13.3. The third kappa shape index (κ3) is 5.99. The van der Waals surface area contributed by atoms with Crippen molar-refractivity contribution in [1.82, 2.24) is 4.57 Å². The first-order chi connectivity index (χ1) is 16.7. The highest BCUT2D eigenvalue weighted by atomic mass is 19.4. The second-order valence-electron chi connectivity index (χ2n) is 9.15. The molecule has 36 heavy (non-hydrogen) atoms. The normalized spacial score (nSPS) is 11.8. The number of alkyl halides is 3. The molecule has 3 rings (SSSR count). The smallest absolute Gasteiger partial charge is 0.419 e. The average molecular weight is 505 g/mol. The van der Waals surface area contributed by atoms with Gasteiger partial charge in [0.05, 0.1) is 5.56 Å². The van der Waals surface area contributed by atoms with Crippen molar-refractivity contribution < 1.29 is 37.3 Å². The fraction of sp³-hybridized carbons (Fsp3) is 0.308. The van der Waals surface area contributed by atoms with Crippen molar-refractivity contribution in [3.63, 3.8) is 0 Å². The van der Waals surface area contributed by atoms with Gasteiger partial charge in [0.25, 0.3) is 5.91 Å². The van der Waals surface area contributed by atoms with Gasteiger partial charge in [0.1, 0.15) is 35.0 Å². The summed E-state index contributed by atoms with van der Waals surface area (Å²) in [4.78, 5) is 26.8. The predicted molar refractivity (Wildman–Crippen MR) is 127 cm³/mol. The molecule has 3 aromatic rings. The van der Waals surface area contributed by atoms with Gasteiger partial charge in [-0.1, -0.05) is 6.07 Å². The van der Waals surface area contributed by atoms with Crippen LogP contribution < -0.4 is 9.64 Å². The van der Waals surface area contributed by atoms with Gasteiger partial charge in [0.2, 0.25) is 0 Å². The van der Waals surface area contributed by atoms with Gasteiger partial charge in [-0.3, -0.25) is 4.79 Å². The maximum Gasteiger partial charge on any atom is 0.419 e. The van der Waals surface area contributed by atoms with Gasteiger partial charge in [-0.25, -0.2) is 4.79 Å². The molecule has 0 fully saturated rings. The number of nitrogens with zero attached hydrogens (tertiary/aromatic N) is 2. The summed E-state index contributed by atoms with van der Waals surface area (Å²) < 4.78 is 52.5. The molecule has 1 heterocycles. The number of amides is 1. The van der Waals surface area contributed by atoms with Gasteiger partial charge in [-0.2, -0.15) is 13.2 Å². The molecule has 1 aromatic heterocycles. The Kier molecular flexibility index (Phi) is 7.38. The van der Waals surface area contributed by atoms with Crippen molar-refractivity contribution in [3.8, 4) is 11.5 Å². The standard InChI is InChI=1S/C26H27F3N2O5/c1-25(2,3)36-24(34)21-16(8-13-19(22(21)32)26(27,28)29)15-35-18-11-9-17(10-12-18)31(5)23(33)20-7-6-14-30(20)4/h6-14,32H,15H2,1-5H3. The third-order valence-corrected chi connectivity index (χ3v) is 5.26. The molecule has 0 aliphatic rings. The first-order valence-electron chi connectivity index (χ1n) is 11.0. The van der Waals surface area contributed by atoms with Gasteiger partial charge in [0, 0.05) is 31.5 Å². The number of rotatable bonds is 6. The van der Waals surface area contributed by atoms with E-state index >= 15 is 0 Å². The fourth-order valence-electron chi connectivity index (χ4n) is 3.44. The van der Waals surface area contributed by atoms with E-state index in [0.717, 1.165) is 6.07 Å². The molecule has 7 nitrogen and oxygen atoms in total. The number of ether oxygens (including phenoxy) is 2. The molecule has 0 saturated carbocycles. The Morgan fingerprint density at radius 1 is 1.03 bits per heavy atom. The van der Waals surface area contributed by atoms with Crippen molar-refractivity contribution in [1.29, 1.82) is 0 Å². The first kappa shape index (κ1) is 26.7. The second kappa shape index (κ2) is 9.96. The highest BCUT2D eigenvalue weighted by Gasteiger charge is 2.37. The molecule has 0 unspecified atom stereocenters. The van der Waals surface area contributed by atoms with Crippen LogP contribution in [0, 0.1) is 0 Å². The van der Waals surface area contributed by atoms with Crippen LogP contribution >= 0.6 is 0 Å². The molecular formula is C26H27F3N2O5. The number of halogens is 3. The van der Waals surface area contributed by atoms with Crippen molar-refractivity contribution in [2.75, 3.05) is 11.9 Å². The van der Waals surface area contributed by atoms with Crippen molar-refractivity contribution >= 4 is 17.6 Å². The van der Waals surface area contributed by atoms with Crippen LogP contribution in [0.2, 0.25) is 0 Å². The van der Waals surface area contributed by atoms with E-state index in [0.29, 0.717) is 23.2 Å². The SMILES string of the molecule is CN(C(=O)c1cccn1C)c1ccc(OCc2ccc(C(F)(F)F)c(O)c2C(=O)OC(C)(C)C)cc1. The lowest BCUT2D eigenvalue weighted by Gasteiger charge is -2.22. The third-order valence-electron chi connectivity index (χ3n) is 5.26. The van der Waals surface area contributed by atoms with E-state index in [4.69, 9.17) is 9.47 Å². The van der Waals surface area contributed by atoms with E-state index in [1.165, 1.54) is 4.90 Å². The fourth-order valence-corrected chi connectivity index (χ4v) is 3.44. The Labute approximate surface area is 206 Å². The Morgan fingerprint density at radius 2 is 1.67 bits per heavy atom. The number of phenolic OH excluding ortho intramolecular Hbond substituents is 1. The summed E-state index contributed by atoms with van der Waals surface area (Å²) in [5.74, 6) is -2.18. The van der Waals surface area contributed by atoms with Crippen molar-refractivity contribution in [2.45, 2.75) is 39.2 Å². The summed E-state index contributed by atoms with van der Waals surface area (Å²) in [6.45, 7) is 4.38. The monoisotopic (exact) mass is 504 g/mol. The zero-order chi connectivity index (χ0) is 26.8. The molecule has 0 radical (unpaired) electrons. The van der Waals surface area contributed by atoms with Crippen molar-refractivity contribution in [2.24, 2.45) is 7.05 Å². The molecule has 0 bridgehead atoms. The summed E-state index contributed by atoms with van der Waals surface area (Å²) in [7, 11) is 3.39. The average Bonchev–Trinajstić information content (AvgIpc) is 3.20. The zero-order valence-corrected chi connectivity index (χ0v) is 20.5. The van der Waals surface area contributed by atoms with Gasteiger partial charge in [0.15, 0.2) is 0 Å². The van der Waals surface area contributed by atoms with Gasteiger partial charge < -0.3 is 24.0 Å². The first-order valence-corrected chi connectivity index (χ1v) is 11.0. The molecule has 0 saturated heterocycles. The van der Waals surface area contributed by atoms with Crippen LogP contribution in [-0.4, -0.2) is 34.2 Å². The Bertz CT molecular complexity index is 1260. The lowest BCUT2D eigenvalue weighted by Crippen LogP contribution is -2.27. The molecule has 0 spiro atoms. The molecule has 0 aliphatic carbocycles. The molecule has 1 amide bonds. The minimum absolute atomic E-state index is 0.0230. The van der Waals surface area contributed by atoms with Crippen LogP contribution in [0.1, 0.15) is 52.7 Å². The minimum atomic E-state index is -4.86. The summed E-state index contributed by atoms with van der Waals surface area (Å²) in [6, 6.07) is 11.7. The van der Waals surface area contributed by atoms with Crippen LogP contribution in [0.3, 0.4) is 0 Å². The van der Waals surface area contributed by atoms with Crippen LogP contribution in [0.15, 0.2) is 54.7 Å². The number of aromatic hydroxyl groups is 1. The maximum absolute atomic E-state index is 13.3. The Morgan fingerprint density at radius 3 is 2.19 bits per heavy atom. The number of hydrogen-bond acceptors (Lipinski definition) is 5. The topological polar surface area (TPSA) is 81.0 Å². The lowest BCUT2D eigenvalue weighted by molar-refractivity contribution is -0.138. The van der Waals surface area contributed by atoms with Crippen LogP contribution in [-0.2, 0) is 24.6 Å². The molecule has 0 atom stereocenters. The van der Waals surface area contributed by atoms with Gasteiger partial charge in [-0.15, -0.1) is 0 Å². The highest BCUT2D eigenvalue weighted by molar-refractivity contribution is 6.04. The summed E-state index contributed by atoms with van der Waals surface area (Å²) in [6.07, 6.45) is -3.10. The molecule has 10 heteroatoms. The van der Waals surface area contributed by atoms with E-state index in [2.05, 4.69) is 0 Å². The van der Waals surface area contributed by atoms with Crippen molar-refractivity contribution in [3.05, 3.63) is 77.1 Å². The zero-order valence-electron chi connectivity index (χ0n) is 20.5. The number of anilines is 1. The van der Waals surface area contributed by atoms with E-state index in [9.17, 15) is 27.9 Å². The minimum Gasteiger partial charge on any atom is -0.506 e. The van der Waals surface area contributed by atoms with Crippen LogP contribution in [0.5, 0.6) is 11.5 Å². The number of aryl methyl sites for hydroxylation is 1. The number of hydrogen-bond donors (Lipinski definition) is 1. The lowest BCUT2D eigenvalue weighted by atomic mass is 10.0. The number of carbonyl (C=O) groups is 2. The van der Waals surface area contributed by atoms with E-state index in [-0.39, 0.29) is 18.1 Å². The van der Waals surface area contributed by atoms with Crippen LogP contribution in [0.25, 0.3) is 0 Å². The number of esters is 1. The Balaban J connectivity index is 1.82. The van der Waals surface area contributed by atoms with Gasteiger partial charge in [-0.05, 0) is 63.2 Å². The highest BCUT2D eigenvalue weighted by Crippen LogP contribution is 2.39. The number of benzene rings is 2. The quantitative estimate of drug-likeness (QED) is 0.445. The predicted octanol–water partition coefficient (Wildman–Crippen LogP) is 5.56. The van der Waals surface area contributed by atoms with E-state index in [1.54, 1.807) is 82.0 Å². The number of phenols is 1. The van der Waals surface area contributed by atoms with E-state index < -0.39 is 34.6 Å². The molecule has 0 aliphatic heterocycles. The molecule has 1 N–H and O–H groups in total. The molecular weight excluding hydrogens is 477 g/mol. The number of aromatic nitrogens is 1. The van der Waals surface area contributed by atoms with Gasteiger partial charge >= 0.3 is 12.1 Å². The molecule has 2 aromatic carbocycles. The Hall–Kier alpha value is -3.95. The van der Waals surface area contributed by atoms with Crippen LogP contribution in [0.4, 0.5) is 18.9 Å². The largest absolute Gasteiger partial charge is 0.506 e. The summed E-state index contributed by atoms with van der Waals surface area (Å²) in [5.41, 5.74) is -1.82. The summed E-state index contributed by atoms with van der Waals surface area (Å²) >= 11 is 0. The molecule has 192 valence electrons. The number of carbonyl (C=O) groups excluding carboxylic acids is 2. The second-order valence-corrected chi connectivity index (χ2v) is 9.15. The summed E-state index contributed by atoms with van der Waals surface area (Å²) in [5, 5.41) is 10.3. The van der Waals surface area contributed by atoms with E-state index in [1.807, 2.05) is 0 Å².